The van der Waals surface area contributed by atoms with Gasteiger partial charge in [-0.15, -0.1) is 59.7 Å². The molecule has 0 spiro atoms. The fourth-order valence-corrected chi connectivity index (χ4v) is 7.82. The Kier molecular flexibility index (Phi) is 7.91. The number of aromatic nitrogens is 3. The van der Waals surface area contributed by atoms with Gasteiger partial charge < -0.3 is 27.6 Å². The Morgan fingerprint density at radius 1 is 0.509 bits per heavy atom. The summed E-state index contributed by atoms with van der Waals surface area (Å²) in [6, 6.07) is 53.4. The first-order valence-electron chi connectivity index (χ1n) is 17.7. The molecule has 0 unspecified atom stereocenters. The number of hydrogen-bond acceptors (Lipinski definition) is 5. The van der Waals surface area contributed by atoms with Crippen LogP contribution in [0.2, 0.25) is 0 Å². The van der Waals surface area contributed by atoms with Gasteiger partial charge in [0, 0.05) is 76.1 Å². The van der Waals surface area contributed by atoms with Crippen molar-refractivity contribution < 1.29 is 33.4 Å². The van der Waals surface area contributed by atoms with Gasteiger partial charge in [0.15, 0.2) is 0 Å². The molecule has 0 N–H and O–H groups in total. The molecule has 12 rings (SSSR count). The summed E-state index contributed by atoms with van der Waals surface area (Å²) in [7, 11) is 0. The van der Waals surface area contributed by atoms with Crippen LogP contribution in [0.1, 0.15) is 0 Å². The Morgan fingerprint density at radius 3 is 1.84 bits per heavy atom. The van der Waals surface area contributed by atoms with Gasteiger partial charge in [-0.3, -0.25) is 0 Å². The van der Waals surface area contributed by atoms with E-state index in [2.05, 4.69) is 69.0 Å². The van der Waals surface area contributed by atoms with Crippen LogP contribution < -0.4 is 0 Å². The van der Waals surface area contributed by atoms with Crippen molar-refractivity contribution in [3.05, 3.63) is 177 Å². The zero-order valence-electron chi connectivity index (χ0n) is 29.0. The molecule has 7 aromatic heterocycles. The maximum Gasteiger partial charge on any atom is 0.136 e. The zero-order valence-corrected chi connectivity index (χ0v) is 31.4. The van der Waals surface area contributed by atoms with Crippen molar-refractivity contribution in [1.82, 2.24) is 14.4 Å². The van der Waals surface area contributed by atoms with Gasteiger partial charge in [0.1, 0.15) is 22.7 Å². The molecular formula is C48H27IrN3O3-2. The minimum Gasteiger partial charge on any atom is -0.464 e. The van der Waals surface area contributed by atoms with Crippen molar-refractivity contribution in [2.24, 2.45) is 0 Å². The molecule has 1 radical (unpaired) electrons. The normalized spacial score (nSPS) is 11.5. The summed E-state index contributed by atoms with van der Waals surface area (Å²) in [6.07, 6.45) is 7.05. The second kappa shape index (κ2) is 13.3. The molecule has 0 saturated heterocycles. The summed E-state index contributed by atoms with van der Waals surface area (Å²) in [5.74, 6) is 1.60. The molecule has 7 heteroatoms. The standard InChI is InChI=1S/C37H19N2O3.C11H8N.Ir/c1-2-9-33-22(7-1)23-19-30-25(20-34(23)42-33)36-27(32-11-6-16-41-32)18-26(31-10-5-15-40-31)35-24-17-21(28-8-3-4-14-38-28)12-13-29(24)39(30)37(35)36;1-2-6-10(7-3-1)11-8-4-5-9-12-11;/h1-11,13-20H;1-6,8-9H;/q2*-1;. The van der Waals surface area contributed by atoms with E-state index in [1.165, 1.54) is 0 Å². The topological polar surface area (TPSA) is 69.6 Å². The van der Waals surface area contributed by atoms with Gasteiger partial charge >= 0.3 is 0 Å². The summed E-state index contributed by atoms with van der Waals surface area (Å²) in [4.78, 5) is 8.83. The number of hydrogen-bond donors (Lipinski definition) is 0. The molecule has 12 aromatic rings. The van der Waals surface area contributed by atoms with Crippen LogP contribution in [0.15, 0.2) is 178 Å². The van der Waals surface area contributed by atoms with Crippen molar-refractivity contribution in [2.45, 2.75) is 0 Å². The number of benzene rings is 5. The smallest absolute Gasteiger partial charge is 0.136 e. The van der Waals surface area contributed by atoms with Gasteiger partial charge in [0.25, 0.3) is 0 Å². The summed E-state index contributed by atoms with van der Waals surface area (Å²) in [5.41, 5.74) is 10.9. The Hall–Kier alpha value is -6.79. The van der Waals surface area contributed by atoms with Crippen LogP contribution in [0.3, 0.4) is 0 Å². The summed E-state index contributed by atoms with van der Waals surface area (Å²) < 4.78 is 20.8. The molecule has 0 bridgehead atoms. The number of para-hydroxylation sites is 1. The second-order valence-electron chi connectivity index (χ2n) is 13.2. The third-order valence-electron chi connectivity index (χ3n) is 10.1. The molecule has 55 heavy (non-hydrogen) atoms. The molecule has 6 nitrogen and oxygen atoms in total. The van der Waals surface area contributed by atoms with Gasteiger partial charge in [-0.25, -0.2) is 0 Å². The minimum absolute atomic E-state index is 0. The van der Waals surface area contributed by atoms with Gasteiger partial charge in [0.05, 0.1) is 18.0 Å². The molecule has 5 aromatic carbocycles. The van der Waals surface area contributed by atoms with Gasteiger partial charge in [-0.2, -0.15) is 0 Å². The zero-order chi connectivity index (χ0) is 35.6. The molecule has 0 atom stereocenters. The van der Waals surface area contributed by atoms with E-state index in [1.54, 1.807) is 18.7 Å². The van der Waals surface area contributed by atoms with E-state index < -0.39 is 0 Å². The number of pyridine rings is 2. The van der Waals surface area contributed by atoms with E-state index in [0.717, 1.165) is 105 Å². The molecule has 0 amide bonds. The Labute approximate surface area is 328 Å². The average Bonchev–Trinajstić information content (AvgIpc) is 4.10. The van der Waals surface area contributed by atoms with Gasteiger partial charge in [-0.1, -0.05) is 47.9 Å². The van der Waals surface area contributed by atoms with Crippen molar-refractivity contribution >= 4 is 60.0 Å². The van der Waals surface area contributed by atoms with Crippen LogP contribution in [0.5, 0.6) is 0 Å². The van der Waals surface area contributed by atoms with Crippen LogP contribution in [-0.4, -0.2) is 14.4 Å². The first-order chi connectivity index (χ1) is 26.8. The maximum absolute atomic E-state index is 6.35. The van der Waals surface area contributed by atoms with Crippen LogP contribution >= 0.6 is 0 Å². The Morgan fingerprint density at radius 2 is 1.18 bits per heavy atom. The predicted molar refractivity (Wildman–Crippen MR) is 214 cm³/mol. The predicted octanol–water partition coefficient (Wildman–Crippen LogP) is 12.7. The fourth-order valence-electron chi connectivity index (χ4n) is 7.82. The van der Waals surface area contributed by atoms with Crippen LogP contribution in [0.25, 0.3) is 105 Å². The van der Waals surface area contributed by atoms with E-state index in [1.807, 2.05) is 103 Å². The third-order valence-corrected chi connectivity index (χ3v) is 10.1. The second-order valence-corrected chi connectivity index (χ2v) is 13.2. The van der Waals surface area contributed by atoms with Crippen LogP contribution in [0, 0.1) is 12.1 Å². The quantitative estimate of drug-likeness (QED) is 0.165. The molecule has 0 saturated carbocycles. The molecule has 0 aliphatic rings. The Bertz CT molecular complexity index is 3210. The van der Waals surface area contributed by atoms with Crippen LogP contribution in [-0.2, 0) is 20.1 Å². The molecule has 0 fully saturated rings. The fraction of sp³-hybridized carbons (Fsp3) is 0. The summed E-state index contributed by atoms with van der Waals surface area (Å²) in [5, 5.41) is 6.65. The third kappa shape index (κ3) is 5.28. The Balaban J connectivity index is 0.000000246. The first-order valence-corrected chi connectivity index (χ1v) is 17.7. The molecule has 0 aliphatic heterocycles. The van der Waals surface area contributed by atoms with E-state index in [0.29, 0.717) is 0 Å². The van der Waals surface area contributed by atoms with Crippen molar-refractivity contribution in [2.75, 3.05) is 0 Å². The number of rotatable bonds is 4. The monoisotopic (exact) mass is 886 g/mol. The minimum atomic E-state index is 0. The van der Waals surface area contributed by atoms with E-state index in [-0.39, 0.29) is 20.1 Å². The molecule has 0 aliphatic carbocycles. The maximum atomic E-state index is 6.35. The number of nitrogens with zero attached hydrogens (tertiary/aromatic N) is 3. The summed E-state index contributed by atoms with van der Waals surface area (Å²) >= 11 is 0. The van der Waals surface area contributed by atoms with Crippen molar-refractivity contribution in [3.8, 4) is 45.2 Å². The first kappa shape index (κ1) is 32.8. The van der Waals surface area contributed by atoms with E-state index >= 15 is 0 Å². The SMILES string of the molecule is [Ir].[c-]1cc2c(cc1-c1ccccn1)c1c(-c3ccco3)cc(-c3ccco3)c3c4cc5oc6ccccc6c5cc4n2c13.[c-]1ccccc1-c1ccccn1. The average molecular weight is 886 g/mol. The molecular weight excluding hydrogens is 859 g/mol. The van der Waals surface area contributed by atoms with E-state index in [4.69, 9.17) is 13.3 Å². The van der Waals surface area contributed by atoms with Gasteiger partial charge in [0.2, 0.25) is 0 Å². The molecule has 7 heterocycles. The number of furan rings is 3. The van der Waals surface area contributed by atoms with Gasteiger partial charge in [-0.05, 0) is 77.6 Å². The van der Waals surface area contributed by atoms with E-state index in [9.17, 15) is 0 Å². The van der Waals surface area contributed by atoms with Crippen molar-refractivity contribution in [3.63, 3.8) is 0 Å². The van der Waals surface area contributed by atoms with Crippen molar-refractivity contribution in [1.29, 1.82) is 0 Å². The summed E-state index contributed by atoms with van der Waals surface area (Å²) in [6.45, 7) is 0. The molecule has 263 valence electrons. The largest absolute Gasteiger partial charge is 0.464 e. The van der Waals surface area contributed by atoms with Crippen LogP contribution in [0.4, 0.5) is 0 Å². The number of fused-ring (bicyclic) bond motifs is 9.